The summed E-state index contributed by atoms with van der Waals surface area (Å²) in [4.78, 5) is 0. The van der Waals surface area contributed by atoms with Crippen LogP contribution in [0.1, 0.15) is 27.2 Å². The Labute approximate surface area is 88.9 Å². The monoisotopic (exact) mass is 226 g/mol. The Kier molecular flexibility index (Phi) is 5.26. The van der Waals surface area contributed by atoms with Crippen molar-refractivity contribution in [3.05, 3.63) is 23.8 Å². The molecule has 0 fully saturated rings. The minimum atomic E-state index is 0. The molecular weight excluding hydrogens is 211 g/mol. The fraction of sp³-hybridized carbons (Fsp3) is 0.600. The van der Waals surface area contributed by atoms with Crippen LogP contribution in [-0.2, 0) is 26.2 Å². The molecule has 60 valence electrons. The molecule has 0 saturated heterocycles. The Hall–Kier alpha value is 0.363. The van der Waals surface area contributed by atoms with Crippen LogP contribution < -0.4 is 0 Å². The van der Waals surface area contributed by atoms with Crippen LogP contribution in [0.15, 0.2) is 23.8 Å². The van der Waals surface area contributed by atoms with Gasteiger partial charge >= 0.3 is 0 Å². The maximum Gasteiger partial charge on any atom is 0 e. The van der Waals surface area contributed by atoms with Gasteiger partial charge in [-0.2, -0.15) is 0 Å². The molecule has 0 N–H and O–H groups in total. The van der Waals surface area contributed by atoms with Gasteiger partial charge < -0.3 is 0 Å². The van der Waals surface area contributed by atoms with E-state index in [1.54, 1.807) is 0 Å². The van der Waals surface area contributed by atoms with Gasteiger partial charge in [-0.05, 0) is 25.2 Å². The minimum absolute atomic E-state index is 0. The van der Waals surface area contributed by atoms with Gasteiger partial charge in [-0.15, -0.1) is 0 Å². The molecule has 0 aromatic rings. The normalized spacial score (nSPS) is 21.8. The van der Waals surface area contributed by atoms with Gasteiger partial charge in [0.05, 0.1) is 0 Å². The largest absolute Gasteiger partial charge is 0.0773 e. The van der Waals surface area contributed by atoms with Crippen LogP contribution in [0.4, 0.5) is 0 Å². The summed E-state index contributed by atoms with van der Waals surface area (Å²) >= 11 is 0. The second-order valence-corrected chi connectivity index (χ2v) is 3.56. The van der Waals surface area contributed by atoms with Gasteiger partial charge in [0, 0.05) is 26.2 Å². The van der Waals surface area contributed by atoms with Crippen molar-refractivity contribution in [2.45, 2.75) is 27.2 Å². The van der Waals surface area contributed by atoms with Crippen molar-refractivity contribution >= 4 is 0 Å². The molecule has 0 aromatic heterocycles. The van der Waals surface area contributed by atoms with Crippen molar-refractivity contribution in [2.75, 3.05) is 0 Å². The van der Waals surface area contributed by atoms with E-state index >= 15 is 0 Å². The van der Waals surface area contributed by atoms with Crippen LogP contribution in [0.5, 0.6) is 0 Å². The summed E-state index contributed by atoms with van der Waals surface area (Å²) in [6.07, 6.45) is 8.16. The van der Waals surface area contributed by atoms with Gasteiger partial charge in [-0.3, -0.25) is 0 Å². The van der Waals surface area contributed by atoms with E-state index in [1.165, 1.54) is 12.0 Å². The summed E-state index contributed by atoms with van der Waals surface area (Å²) in [5, 5.41) is 0. The Morgan fingerprint density at radius 3 is 2.45 bits per heavy atom. The zero-order chi connectivity index (χ0) is 7.56. The zero-order valence-corrected chi connectivity index (χ0v) is 10.1. The first-order valence-electron chi connectivity index (χ1n) is 4.05. The molecule has 1 atom stereocenters. The number of hydrogen-bond acceptors (Lipinski definition) is 0. The second kappa shape index (κ2) is 5.09. The van der Waals surface area contributed by atoms with Crippen molar-refractivity contribution in [1.82, 2.24) is 0 Å². The Morgan fingerprint density at radius 1 is 1.45 bits per heavy atom. The van der Waals surface area contributed by atoms with Crippen LogP contribution in [0, 0.1) is 11.8 Å². The molecule has 0 amide bonds. The summed E-state index contributed by atoms with van der Waals surface area (Å²) in [5.41, 5.74) is 1.42. The summed E-state index contributed by atoms with van der Waals surface area (Å²) < 4.78 is 0. The second-order valence-electron chi connectivity index (χ2n) is 3.56. The third-order valence-corrected chi connectivity index (χ3v) is 1.83. The summed E-state index contributed by atoms with van der Waals surface area (Å²) in [5.74, 6) is 1.54. The Balaban J connectivity index is 0.000001000. The molecule has 0 nitrogen and oxygen atoms in total. The molecule has 1 aliphatic rings. The summed E-state index contributed by atoms with van der Waals surface area (Å²) in [6.45, 7) is 6.71. The van der Waals surface area contributed by atoms with Gasteiger partial charge in [0.2, 0.25) is 0 Å². The predicted molar refractivity (Wildman–Crippen MR) is 45.8 cm³/mol. The first kappa shape index (κ1) is 11.4. The SMILES string of the molecule is CC1=CC(CC(C)C)C=C1.[Zr]. The maximum atomic E-state index is 2.35. The van der Waals surface area contributed by atoms with Gasteiger partial charge in [-0.1, -0.05) is 37.6 Å². The van der Waals surface area contributed by atoms with Gasteiger partial charge in [0.15, 0.2) is 0 Å². The van der Waals surface area contributed by atoms with E-state index in [-0.39, 0.29) is 26.2 Å². The van der Waals surface area contributed by atoms with Crippen LogP contribution in [0.25, 0.3) is 0 Å². The predicted octanol–water partition coefficient (Wildman–Crippen LogP) is 3.16. The minimum Gasteiger partial charge on any atom is -0.0773 e. The van der Waals surface area contributed by atoms with E-state index in [9.17, 15) is 0 Å². The van der Waals surface area contributed by atoms with Crippen molar-refractivity contribution < 1.29 is 26.2 Å². The Bertz CT molecular complexity index is 166. The van der Waals surface area contributed by atoms with Crippen molar-refractivity contribution in [3.63, 3.8) is 0 Å². The number of allylic oxidation sites excluding steroid dienone is 4. The molecule has 0 aliphatic heterocycles. The molecule has 0 aromatic carbocycles. The van der Waals surface area contributed by atoms with Crippen molar-refractivity contribution in [3.8, 4) is 0 Å². The van der Waals surface area contributed by atoms with E-state index in [0.717, 1.165) is 11.8 Å². The molecule has 1 aliphatic carbocycles. The van der Waals surface area contributed by atoms with Crippen LogP contribution in [-0.4, -0.2) is 0 Å². The van der Waals surface area contributed by atoms with E-state index < -0.39 is 0 Å². The average Bonchev–Trinajstić information content (AvgIpc) is 2.13. The third kappa shape index (κ3) is 4.06. The fourth-order valence-corrected chi connectivity index (χ4v) is 1.42. The molecular formula is C10H16Zr. The van der Waals surface area contributed by atoms with E-state index in [1.807, 2.05) is 0 Å². The standard InChI is InChI=1S/C10H16.Zr/c1-8(2)6-10-5-4-9(3)7-10;/h4-5,7-8,10H,6H2,1-3H3;. The third-order valence-electron chi connectivity index (χ3n) is 1.83. The van der Waals surface area contributed by atoms with Gasteiger partial charge in [0.1, 0.15) is 0 Å². The molecule has 0 radical (unpaired) electrons. The number of rotatable bonds is 2. The van der Waals surface area contributed by atoms with Gasteiger partial charge in [0.25, 0.3) is 0 Å². The first-order chi connectivity index (χ1) is 4.68. The zero-order valence-electron chi connectivity index (χ0n) is 7.59. The fourth-order valence-electron chi connectivity index (χ4n) is 1.42. The van der Waals surface area contributed by atoms with Crippen LogP contribution in [0.2, 0.25) is 0 Å². The number of hydrogen-bond donors (Lipinski definition) is 0. The first-order valence-corrected chi connectivity index (χ1v) is 4.05. The van der Waals surface area contributed by atoms with Crippen molar-refractivity contribution in [1.29, 1.82) is 0 Å². The topological polar surface area (TPSA) is 0 Å². The molecule has 0 heterocycles. The molecule has 1 rings (SSSR count). The molecule has 0 bridgehead atoms. The molecule has 0 saturated carbocycles. The van der Waals surface area contributed by atoms with Crippen LogP contribution >= 0.6 is 0 Å². The maximum absolute atomic E-state index is 2.35. The summed E-state index contributed by atoms with van der Waals surface area (Å²) in [6, 6.07) is 0. The molecule has 1 unspecified atom stereocenters. The van der Waals surface area contributed by atoms with E-state index in [4.69, 9.17) is 0 Å². The van der Waals surface area contributed by atoms with Gasteiger partial charge in [-0.25, -0.2) is 0 Å². The quantitative estimate of drug-likeness (QED) is 0.680. The van der Waals surface area contributed by atoms with Crippen molar-refractivity contribution in [2.24, 2.45) is 11.8 Å². The molecule has 11 heavy (non-hydrogen) atoms. The summed E-state index contributed by atoms with van der Waals surface area (Å²) in [7, 11) is 0. The van der Waals surface area contributed by atoms with Crippen LogP contribution in [0.3, 0.4) is 0 Å². The molecule has 1 heteroatoms. The van der Waals surface area contributed by atoms with E-state index in [0.29, 0.717) is 0 Å². The Morgan fingerprint density at radius 2 is 2.09 bits per heavy atom. The van der Waals surface area contributed by atoms with E-state index in [2.05, 4.69) is 39.0 Å². The smallest absolute Gasteiger partial charge is 0 e. The molecule has 0 spiro atoms. The average molecular weight is 227 g/mol.